The number of ether oxygens (including phenoxy) is 3. The molecule has 1 aliphatic rings. The minimum Gasteiger partial charge on any atom is -0.463 e. The van der Waals surface area contributed by atoms with E-state index < -0.39 is 18.7 Å². The van der Waals surface area contributed by atoms with Crippen molar-refractivity contribution in [2.24, 2.45) is 0 Å². The van der Waals surface area contributed by atoms with Crippen molar-refractivity contribution in [2.45, 2.75) is 19.3 Å². The average molecular weight is 375 g/mol. The number of nitro groups is 1. The molecular formula is C15H16F3N3O5. The smallest absolute Gasteiger partial charge is 0.414 e. The number of imidazole rings is 1. The lowest BCUT2D eigenvalue weighted by Crippen LogP contribution is -2.32. The van der Waals surface area contributed by atoms with Gasteiger partial charge in [0.2, 0.25) is 13.8 Å². The highest BCUT2D eigenvalue weighted by Gasteiger charge is 2.28. The third kappa shape index (κ3) is 5.34. The number of hydrogen-bond acceptors (Lipinski definition) is 6. The molecule has 0 unspecified atom stereocenters. The summed E-state index contributed by atoms with van der Waals surface area (Å²) in [5, 5.41) is 10.7. The minimum absolute atomic E-state index is 0.226. The Labute approximate surface area is 146 Å². The molecule has 0 aliphatic carbocycles. The largest absolute Gasteiger partial charge is 0.463 e. The van der Waals surface area contributed by atoms with Crippen LogP contribution in [0.3, 0.4) is 0 Å². The van der Waals surface area contributed by atoms with Crippen LogP contribution in [0.2, 0.25) is 0 Å². The van der Waals surface area contributed by atoms with Crippen molar-refractivity contribution in [1.29, 1.82) is 0 Å². The first-order valence-corrected chi connectivity index (χ1v) is 7.43. The van der Waals surface area contributed by atoms with E-state index in [4.69, 9.17) is 14.2 Å². The van der Waals surface area contributed by atoms with Crippen LogP contribution in [0.5, 0.6) is 11.8 Å². The van der Waals surface area contributed by atoms with E-state index in [1.54, 1.807) is 28.8 Å². The minimum atomic E-state index is -1.75. The van der Waals surface area contributed by atoms with Crippen molar-refractivity contribution in [3.8, 4) is 11.8 Å². The summed E-state index contributed by atoms with van der Waals surface area (Å²) in [6.07, 6.45) is 1.09. The number of halogens is 3. The first-order valence-electron chi connectivity index (χ1n) is 7.43. The predicted molar refractivity (Wildman–Crippen MR) is 83.1 cm³/mol. The molecule has 2 aromatic rings. The van der Waals surface area contributed by atoms with Crippen LogP contribution in [0.1, 0.15) is 5.56 Å². The lowest BCUT2D eigenvalue weighted by molar-refractivity contribution is -0.389. The maximum atomic E-state index is 12.0. The van der Waals surface area contributed by atoms with E-state index in [-0.39, 0.29) is 24.5 Å². The predicted octanol–water partition coefficient (Wildman–Crippen LogP) is 2.96. The van der Waals surface area contributed by atoms with E-state index in [1.807, 2.05) is 0 Å². The second-order valence-electron chi connectivity index (χ2n) is 5.03. The lowest BCUT2D eigenvalue weighted by atomic mass is 10.2. The van der Waals surface area contributed by atoms with Crippen molar-refractivity contribution < 1.29 is 32.3 Å². The van der Waals surface area contributed by atoms with Crippen LogP contribution < -0.4 is 9.47 Å². The van der Waals surface area contributed by atoms with E-state index in [9.17, 15) is 23.3 Å². The van der Waals surface area contributed by atoms with Gasteiger partial charge in [-0.05, 0) is 22.6 Å². The highest BCUT2D eigenvalue weighted by Crippen LogP contribution is 2.23. The quantitative estimate of drug-likeness (QED) is 0.570. The SMILES string of the molecule is FCF.O=[N+]([O-])c1cn2c(n1)OC[C@@H](OCc1ccc(OCF)cc1)C2. The zero-order valence-corrected chi connectivity index (χ0v) is 13.5. The van der Waals surface area contributed by atoms with E-state index in [0.29, 0.717) is 18.9 Å². The molecule has 3 rings (SSSR count). The molecule has 0 spiro atoms. The Morgan fingerprint density at radius 2 is 2.00 bits per heavy atom. The van der Waals surface area contributed by atoms with Gasteiger partial charge in [-0.25, -0.2) is 13.2 Å². The van der Waals surface area contributed by atoms with Crippen molar-refractivity contribution in [2.75, 3.05) is 20.4 Å². The molecule has 2 heterocycles. The van der Waals surface area contributed by atoms with Crippen molar-refractivity contribution in [3.05, 3.63) is 46.1 Å². The molecule has 0 saturated carbocycles. The van der Waals surface area contributed by atoms with Gasteiger partial charge in [-0.15, -0.1) is 0 Å². The zero-order valence-electron chi connectivity index (χ0n) is 13.5. The van der Waals surface area contributed by atoms with Crippen LogP contribution in [0, 0.1) is 10.1 Å². The van der Waals surface area contributed by atoms with Crippen molar-refractivity contribution in [3.63, 3.8) is 0 Å². The van der Waals surface area contributed by atoms with Crippen LogP contribution in [0.15, 0.2) is 30.5 Å². The van der Waals surface area contributed by atoms with Crippen molar-refractivity contribution >= 4 is 5.82 Å². The number of hydrogen-bond donors (Lipinski definition) is 0. The van der Waals surface area contributed by atoms with Crippen LogP contribution in [-0.2, 0) is 17.9 Å². The normalized spacial score (nSPS) is 15.3. The Morgan fingerprint density at radius 1 is 1.31 bits per heavy atom. The van der Waals surface area contributed by atoms with Gasteiger partial charge in [0, 0.05) is 4.98 Å². The Hall–Kier alpha value is -2.82. The van der Waals surface area contributed by atoms with Crippen LogP contribution in [0.25, 0.3) is 0 Å². The monoisotopic (exact) mass is 375 g/mol. The standard InChI is InChI=1S/C14H14FN3O5.CH2F2/c15-9-23-11-3-1-10(2-4-11)7-21-12-5-17-6-13(18(19)20)16-14(17)22-8-12;2-1-3/h1-4,6,12H,5,7-9H2;1H2/t12-;/m0./s1. The van der Waals surface area contributed by atoms with Gasteiger partial charge in [0.1, 0.15) is 24.7 Å². The summed E-state index contributed by atoms with van der Waals surface area (Å²) in [6.45, 7) is -1.57. The molecule has 0 radical (unpaired) electrons. The highest BCUT2D eigenvalue weighted by atomic mass is 19.3. The average Bonchev–Trinajstić information content (AvgIpc) is 3.06. The van der Waals surface area contributed by atoms with E-state index in [1.165, 1.54) is 6.20 Å². The fraction of sp³-hybridized carbons (Fsp3) is 0.400. The summed E-state index contributed by atoms with van der Waals surface area (Å²) in [4.78, 5) is 13.9. The summed E-state index contributed by atoms with van der Waals surface area (Å²) >= 11 is 0. The Kier molecular flexibility index (Phi) is 7.21. The van der Waals surface area contributed by atoms with Gasteiger partial charge >= 0.3 is 11.8 Å². The summed E-state index contributed by atoms with van der Waals surface area (Å²) < 4.78 is 48.7. The molecule has 26 heavy (non-hydrogen) atoms. The van der Waals surface area contributed by atoms with E-state index in [2.05, 4.69) is 4.98 Å². The molecule has 8 nitrogen and oxygen atoms in total. The molecule has 142 valence electrons. The number of benzene rings is 1. The second kappa shape index (κ2) is 9.61. The Balaban J connectivity index is 0.000000758. The maximum Gasteiger partial charge on any atom is 0.414 e. The van der Waals surface area contributed by atoms with Gasteiger partial charge < -0.3 is 24.3 Å². The molecule has 1 aliphatic heterocycles. The summed E-state index contributed by atoms with van der Waals surface area (Å²) in [5.74, 6) is 0.205. The third-order valence-corrected chi connectivity index (χ3v) is 3.34. The fourth-order valence-corrected chi connectivity index (χ4v) is 2.22. The molecule has 1 atom stereocenters. The Bertz CT molecular complexity index is 711. The Morgan fingerprint density at radius 3 is 2.62 bits per heavy atom. The second-order valence-corrected chi connectivity index (χ2v) is 5.03. The molecule has 11 heteroatoms. The summed E-state index contributed by atoms with van der Waals surface area (Å²) in [7, 11) is 0. The molecule has 0 amide bonds. The molecule has 0 fully saturated rings. The molecule has 1 aromatic carbocycles. The molecule has 0 N–H and O–H groups in total. The van der Waals surface area contributed by atoms with Crippen LogP contribution in [0.4, 0.5) is 19.0 Å². The van der Waals surface area contributed by atoms with Gasteiger partial charge in [-0.3, -0.25) is 4.57 Å². The van der Waals surface area contributed by atoms with Gasteiger partial charge in [0.25, 0.3) is 0 Å². The number of alkyl halides is 3. The van der Waals surface area contributed by atoms with Gasteiger partial charge in [0.15, 0.2) is 0 Å². The topological polar surface area (TPSA) is 88.7 Å². The first-order chi connectivity index (χ1) is 12.6. The zero-order chi connectivity index (χ0) is 18.9. The number of rotatable bonds is 6. The first kappa shape index (κ1) is 19.5. The van der Waals surface area contributed by atoms with Gasteiger partial charge in [-0.2, -0.15) is 0 Å². The van der Waals surface area contributed by atoms with Gasteiger partial charge in [0.05, 0.1) is 13.2 Å². The number of aromatic nitrogens is 2. The fourth-order valence-electron chi connectivity index (χ4n) is 2.22. The van der Waals surface area contributed by atoms with E-state index >= 15 is 0 Å². The van der Waals surface area contributed by atoms with Crippen LogP contribution in [-0.4, -0.2) is 41.0 Å². The summed E-state index contributed by atoms with van der Waals surface area (Å²) in [5.41, 5.74) is 0.901. The van der Waals surface area contributed by atoms with E-state index in [0.717, 1.165) is 5.56 Å². The number of nitrogens with zero attached hydrogens (tertiary/aromatic N) is 3. The highest BCUT2D eigenvalue weighted by molar-refractivity contribution is 5.26. The maximum absolute atomic E-state index is 12.0. The molecule has 0 bridgehead atoms. The lowest BCUT2D eigenvalue weighted by Gasteiger charge is -2.22. The van der Waals surface area contributed by atoms with Crippen LogP contribution >= 0.6 is 0 Å². The van der Waals surface area contributed by atoms with Gasteiger partial charge in [-0.1, -0.05) is 12.1 Å². The molecular weight excluding hydrogens is 359 g/mol. The van der Waals surface area contributed by atoms with Crippen molar-refractivity contribution in [1.82, 2.24) is 9.55 Å². The third-order valence-electron chi connectivity index (χ3n) is 3.34. The number of fused-ring (bicyclic) bond motifs is 1. The summed E-state index contributed by atoms with van der Waals surface area (Å²) in [6, 6.07) is 7.11. The molecule has 0 saturated heterocycles. The molecule has 1 aromatic heterocycles.